The molecule has 0 aliphatic carbocycles. The van der Waals surface area contributed by atoms with Gasteiger partial charge in [-0.15, -0.1) is 0 Å². The Hall–Kier alpha value is -0.810. The molecule has 5 heteroatoms. The first-order valence-electron chi connectivity index (χ1n) is 6.10. The molecular weight excluding hydrogens is 297 g/mol. The fourth-order valence-electron chi connectivity index (χ4n) is 1.53. The second-order valence-corrected chi connectivity index (χ2v) is 5.56. The zero-order valence-electron chi connectivity index (χ0n) is 11.1. The first kappa shape index (κ1) is 15.2. The summed E-state index contributed by atoms with van der Waals surface area (Å²) in [6, 6.07) is 3.55. The zero-order chi connectivity index (χ0) is 13.7. The van der Waals surface area contributed by atoms with Gasteiger partial charge < -0.3 is 16.0 Å². The van der Waals surface area contributed by atoms with Crippen LogP contribution >= 0.6 is 15.9 Å². The van der Waals surface area contributed by atoms with Crippen LogP contribution in [0.4, 0.5) is 15.8 Å². The summed E-state index contributed by atoms with van der Waals surface area (Å²) in [5.41, 5.74) is 7.02. The van der Waals surface area contributed by atoms with Crippen molar-refractivity contribution in [2.75, 3.05) is 31.2 Å². The molecule has 0 spiro atoms. The molecule has 1 aromatic carbocycles. The second kappa shape index (κ2) is 6.95. The topological polar surface area (TPSA) is 41.3 Å². The predicted octanol–water partition coefficient (Wildman–Crippen LogP) is 3.31. The number of hydrogen-bond acceptors (Lipinski definition) is 3. The van der Waals surface area contributed by atoms with Crippen molar-refractivity contribution in [3.05, 3.63) is 22.4 Å². The van der Waals surface area contributed by atoms with Crippen LogP contribution in [0.2, 0.25) is 0 Å². The van der Waals surface area contributed by atoms with Gasteiger partial charge in [-0.05, 0) is 55.9 Å². The molecule has 1 rings (SSSR count). The Morgan fingerprint density at radius 1 is 1.44 bits per heavy atom. The number of nitrogens with one attached hydrogen (secondary N) is 1. The number of rotatable bonds is 6. The lowest BCUT2D eigenvalue weighted by molar-refractivity contribution is 0.273. The lowest BCUT2D eigenvalue weighted by Crippen LogP contribution is -2.28. The van der Waals surface area contributed by atoms with E-state index in [1.54, 1.807) is 6.07 Å². The summed E-state index contributed by atoms with van der Waals surface area (Å²) in [6.07, 6.45) is 0.992. The molecule has 0 aliphatic heterocycles. The third kappa shape index (κ3) is 4.46. The van der Waals surface area contributed by atoms with Crippen molar-refractivity contribution in [3.8, 4) is 0 Å². The van der Waals surface area contributed by atoms with Crippen LogP contribution in [0, 0.1) is 5.82 Å². The van der Waals surface area contributed by atoms with Gasteiger partial charge in [0.25, 0.3) is 0 Å². The molecule has 0 aromatic heterocycles. The van der Waals surface area contributed by atoms with E-state index in [4.69, 9.17) is 5.73 Å². The molecule has 0 fully saturated rings. The zero-order valence-corrected chi connectivity index (χ0v) is 12.7. The Kier molecular flexibility index (Phi) is 5.88. The SMILES string of the molecule is CC(C)N(C)CCCNc1cc(F)c(Br)cc1N. The summed E-state index contributed by atoms with van der Waals surface area (Å²) in [5, 5.41) is 3.16. The van der Waals surface area contributed by atoms with Crippen LogP contribution in [0.3, 0.4) is 0 Å². The van der Waals surface area contributed by atoms with Crippen molar-refractivity contribution in [1.29, 1.82) is 0 Å². The third-order valence-electron chi connectivity index (χ3n) is 2.98. The highest BCUT2D eigenvalue weighted by molar-refractivity contribution is 9.10. The van der Waals surface area contributed by atoms with E-state index in [1.165, 1.54) is 6.07 Å². The Morgan fingerprint density at radius 2 is 2.11 bits per heavy atom. The number of hydrogen-bond donors (Lipinski definition) is 2. The van der Waals surface area contributed by atoms with Gasteiger partial charge >= 0.3 is 0 Å². The Labute approximate surface area is 117 Å². The Morgan fingerprint density at radius 3 is 2.72 bits per heavy atom. The molecule has 0 radical (unpaired) electrons. The minimum Gasteiger partial charge on any atom is -0.397 e. The number of anilines is 2. The lowest BCUT2D eigenvalue weighted by Gasteiger charge is -2.21. The minimum absolute atomic E-state index is 0.300. The van der Waals surface area contributed by atoms with E-state index in [9.17, 15) is 4.39 Å². The largest absolute Gasteiger partial charge is 0.397 e. The lowest BCUT2D eigenvalue weighted by atomic mass is 10.2. The van der Waals surface area contributed by atoms with E-state index in [1.807, 2.05) is 0 Å². The van der Waals surface area contributed by atoms with E-state index in [2.05, 4.69) is 47.0 Å². The van der Waals surface area contributed by atoms with Gasteiger partial charge in [0.2, 0.25) is 0 Å². The molecule has 18 heavy (non-hydrogen) atoms. The molecule has 0 aliphatic rings. The average Bonchev–Trinajstić information content (AvgIpc) is 2.30. The number of benzene rings is 1. The van der Waals surface area contributed by atoms with E-state index in [-0.39, 0.29) is 5.82 Å². The predicted molar refractivity (Wildman–Crippen MR) is 79.4 cm³/mol. The number of halogens is 2. The third-order valence-corrected chi connectivity index (χ3v) is 3.58. The summed E-state index contributed by atoms with van der Waals surface area (Å²) < 4.78 is 13.7. The second-order valence-electron chi connectivity index (χ2n) is 4.71. The van der Waals surface area contributed by atoms with Crippen LogP contribution in [-0.4, -0.2) is 31.1 Å². The molecule has 0 amide bonds. The van der Waals surface area contributed by atoms with Crippen LogP contribution < -0.4 is 11.1 Å². The number of nitrogens with two attached hydrogens (primary N) is 1. The van der Waals surface area contributed by atoms with Gasteiger partial charge in [0, 0.05) is 18.7 Å². The Bertz CT molecular complexity index is 396. The first-order chi connectivity index (χ1) is 8.41. The van der Waals surface area contributed by atoms with E-state index in [0.717, 1.165) is 19.5 Å². The molecule has 0 heterocycles. The smallest absolute Gasteiger partial charge is 0.139 e. The fraction of sp³-hybridized carbons (Fsp3) is 0.538. The van der Waals surface area contributed by atoms with Crippen LogP contribution in [0.25, 0.3) is 0 Å². The molecule has 0 atom stereocenters. The van der Waals surface area contributed by atoms with Crippen molar-refractivity contribution in [3.63, 3.8) is 0 Å². The van der Waals surface area contributed by atoms with Gasteiger partial charge in [0.15, 0.2) is 0 Å². The molecule has 0 bridgehead atoms. The molecule has 102 valence electrons. The standard InChI is InChI=1S/C13H21BrFN3/c1-9(2)18(3)6-4-5-17-13-8-11(15)10(14)7-12(13)16/h7-9,17H,4-6,16H2,1-3H3. The summed E-state index contributed by atoms with van der Waals surface area (Å²) in [7, 11) is 2.10. The quantitative estimate of drug-likeness (QED) is 0.624. The highest BCUT2D eigenvalue weighted by atomic mass is 79.9. The van der Waals surface area contributed by atoms with Crippen LogP contribution in [0.15, 0.2) is 16.6 Å². The van der Waals surface area contributed by atoms with Gasteiger partial charge in [-0.2, -0.15) is 0 Å². The normalized spacial score (nSPS) is 11.3. The van der Waals surface area contributed by atoms with Crippen LogP contribution in [0.1, 0.15) is 20.3 Å². The highest BCUT2D eigenvalue weighted by Gasteiger charge is 2.06. The number of nitrogen functional groups attached to an aromatic ring is 1. The maximum Gasteiger partial charge on any atom is 0.139 e. The van der Waals surface area contributed by atoms with E-state index < -0.39 is 0 Å². The summed E-state index contributed by atoms with van der Waals surface area (Å²) in [5.74, 6) is -0.300. The van der Waals surface area contributed by atoms with Crippen molar-refractivity contribution < 1.29 is 4.39 Å². The molecule has 0 saturated heterocycles. The van der Waals surface area contributed by atoms with Gasteiger partial charge in [-0.1, -0.05) is 0 Å². The van der Waals surface area contributed by atoms with Gasteiger partial charge in [-0.25, -0.2) is 4.39 Å². The molecule has 1 aromatic rings. The summed E-state index contributed by atoms with van der Waals surface area (Å²) in [4.78, 5) is 2.27. The first-order valence-corrected chi connectivity index (χ1v) is 6.89. The Balaban J connectivity index is 2.42. The molecule has 3 nitrogen and oxygen atoms in total. The fourth-order valence-corrected chi connectivity index (χ4v) is 1.89. The van der Waals surface area contributed by atoms with Crippen LogP contribution in [-0.2, 0) is 0 Å². The van der Waals surface area contributed by atoms with Crippen molar-refractivity contribution in [1.82, 2.24) is 4.90 Å². The summed E-state index contributed by atoms with van der Waals surface area (Å²) >= 11 is 3.11. The summed E-state index contributed by atoms with van der Waals surface area (Å²) in [6.45, 7) is 6.11. The van der Waals surface area contributed by atoms with E-state index in [0.29, 0.717) is 21.9 Å². The molecule has 3 N–H and O–H groups in total. The van der Waals surface area contributed by atoms with Gasteiger partial charge in [-0.3, -0.25) is 0 Å². The van der Waals surface area contributed by atoms with Gasteiger partial charge in [0.1, 0.15) is 5.82 Å². The van der Waals surface area contributed by atoms with Gasteiger partial charge in [0.05, 0.1) is 15.8 Å². The number of nitrogens with zero attached hydrogens (tertiary/aromatic N) is 1. The average molecular weight is 318 g/mol. The monoisotopic (exact) mass is 317 g/mol. The van der Waals surface area contributed by atoms with Crippen molar-refractivity contribution >= 4 is 27.3 Å². The van der Waals surface area contributed by atoms with E-state index >= 15 is 0 Å². The van der Waals surface area contributed by atoms with Crippen molar-refractivity contribution in [2.45, 2.75) is 26.3 Å². The van der Waals surface area contributed by atoms with Crippen LogP contribution in [0.5, 0.6) is 0 Å². The highest BCUT2D eigenvalue weighted by Crippen LogP contribution is 2.26. The molecule has 0 saturated carbocycles. The maximum absolute atomic E-state index is 13.4. The maximum atomic E-state index is 13.4. The van der Waals surface area contributed by atoms with Crippen molar-refractivity contribution in [2.24, 2.45) is 0 Å². The molecular formula is C13H21BrFN3. The molecule has 0 unspecified atom stereocenters. The minimum atomic E-state index is -0.300.